The summed E-state index contributed by atoms with van der Waals surface area (Å²) in [6.45, 7) is 9.00. The molecule has 0 bridgehead atoms. The summed E-state index contributed by atoms with van der Waals surface area (Å²) in [7, 11) is 0. The number of aryl methyl sites for hydroxylation is 1. The number of amides is 1. The Bertz CT molecular complexity index is 693. The van der Waals surface area contributed by atoms with E-state index in [0.717, 1.165) is 5.01 Å². The van der Waals surface area contributed by atoms with Crippen LogP contribution in [0.4, 0.5) is 5.13 Å². The first kappa shape index (κ1) is 17.3. The van der Waals surface area contributed by atoms with Gasteiger partial charge >= 0.3 is 0 Å². The third kappa shape index (κ3) is 3.18. The molecule has 3 aliphatic heterocycles. The minimum Gasteiger partial charge on any atom is -0.342 e. The van der Waals surface area contributed by atoms with Gasteiger partial charge in [-0.25, -0.2) is 0 Å². The molecular weight excluding hydrogens is 350 g/mol. The van der Waals surface area contributed by atoms with E-state index in [1.807, 2.05) is 6.92 Å². The number of anilines is 1. The molecule has 1 aromatic rings. The van der Waals surface area contributed by atoms with Crippen molar-refractivity contribution in [2.24, 2.45) is 0 Å². The fraction of sp³-hybridized carbons (Fsp3) is 0.800. The van der Waals surface area contributed by atoms with Crippen molar-refractivity contribution < 1.29 is 28.5 Å². The van der Waals surface area contributed by atoms with Crippen LogP contribution in [0.5, 0.6) is 0 Å². The van der Waals surface area contributed by atoms with Crippen molar-refractivity contribution >= 4 is 22.4 Å². The number of aromatic nitrogens is 2. The smallest absolute Gasteiger partial charge is 0.258 e. The van der Waals surface area contributed by atoms with Crippen LogP contribution in [0.3, 0.4) is 0 Å². The van der Waals surface area contributed by atoms with E-state index >= 15 is 0 Å². The third-order valence-corrected chi connectivity index (χ3v) is 4.92. The number of hydrogen-bond acceptors (Lipinski definition) is 9. The molecule has 5 unspecified atom stereocenters. The Morgan fingerprint density at radius 1 is 1.00 bits per heavy atom. The SMILES string of the molecule is Cc1nnc(NC(=O)C2OC3OC(C)(C)OC3C3OC(C)(C)OC23)s1. The summed E-state index contributed by atoms with van der Waals surface area (Å²) in [4.78, 5) is 12.8. The van der Waals surface area contributed by atoms with Crippen LogP contribution >= 0.6 is 11.3 Å². The van der Waals surface area contributed by atoms with Crippen LogP contribution in [0.1, 0.15) is 32.7 Å². The van der Waals surface area contributed by atoms with Crippen LogP contribution in [0.25, 0.3) is 0 Å². The van der Waals surface area contributed by atoms with Gasteiger partial charge < -0.3 is 23.7 Å². The highest BCUT2D eigenvalue weighted by atomic mass is 32.1. The molecule has 0 aliphatic carbocycles. The lowest BCUT2D eigenvalue weighted by Gasteiger charge is -2.36. The lowest BCUT2D eigenvalue weighted by Crippen LogP contribution is -2.58. The number of carbonyl (C=O) groups excluding carboxylic acids is 1. The van der Waals surface area contributed by atoms with Gasteiger partial charge in [0.25, 0.3) is 5.91 Å². The standard InChI is InChI=1S/C15H21N3O6S/c1-6-17-18-13(25-6)16-11(19)9-7-8(22-14(2,3)21-7)10-12(20-9)24-15(4,5)23-10/h7-10,12H,1-5H3,(H,16,18,19). The van der Waals surface area contributed by atoms with Crippen molar-refractivity contribution in [3.63, 3.8) is 0 Å². The van der Waals surface area contributed by atoms with Gasteiger partial charge in [0.15, 0.2) is 24.0 Å². The quantitative estimate of drug-likeness (QED) is 0.827. The first-order valence-electron chi connectivity index (χ1n) is 8.11. The minimum atomic E-state index is -0.908. The number of nitrogens with one attached hydrogen (secondary N) is 1. The van der Waals surface area contributed by atoms with Crippen LogP contribution in [-0.2, 0) is 28.5 Å². The van der Waals surface area contributed by atoms with E-state index < -0.39 is 42.3 Å². The van der Waals surface area contributed by atoms with Crippen LogP contribution in [0.2, 0.25) is 0 Å². The van der Waals surface area contributed by atoms with E-state index in [0.29, 0.717) is 5.13 Å². The zero-order valence-corrected chi connectivity index (χ0v) is 15.5. The number of carbonyl (C=O) groups is 1. The van der Waals surface area contributed by atoms with Crippen molar-refractivity contribution in [3.05, 3.63) is 5.01 Å². The number of hydrogen-bond donors (Lipinski definition) is 1. The molecule has 1 amide bonds. The topological polar surface area (TPSA) is 101 Å². The number of nitrogens with zero attached hydrogens (tertiary/aromatic N) is 2. The molecule has 10 heteroatoms. The summed E-state index contributed by atoms with van der Waals surface area (Å²) in [5.41, 5.74) is 0. The van der Waals surface area contributed by atoms with Crippen LogP contribution in [0, 0.1) is 6.92 Å². The second kappa shape index (κ2) is 5.66. The van der Waals surface area contributed by atoms with Gasteiger partial charge in [0.2, 0.25) is 5.13 Å². The highest BCUT2D eigenvalue weighted by Gasteiger charge is 2.62. The lowest BCUT2D eigenvalue weighted by atomic mass is 9.98. The van der Waals surface area contributed by atoms with Gasteiger partial charge in [-0.1, -0.05) is 11.3 Å². The highest BCUT2D eigenvalue weighted by Crippen LogP contribution is 2.44. The zero-order valence-electron chi connectivity index (χ0n) is 14.6. The second-order valence-corrected chi connectivity index (χ2v) is 8.39. The molecule has 4 rings (SSSR count). The summed E-state index contributed by atoms with van der Waals surface area (Å²) < 4.78 is 29.5. The Hall–Kier alpha value is -1.17. The molecule has 1 N–H and O–H groups in total. The molecule has 3 aliphatic rings. The van der Waals surface area contributed by atoms with Gasteiger partial charge in [0.05, 0.1) is 0 Å². The maximum Gasteiger partial charge on any atom is 0.258 e. The van der Waals surface area contributed by atoms with E-state index in [4.69, 9.17) is 23.7 Å². The Morgan fingerprint density at radius 3 is 2.32 bits per heavy atom. The lowest BCUT2D eigenvalue weighted by molar-refractivity contribution is -0.229. The van der Waals surface area contributed by atoms with Gasteiger partial charge in [-0.3, -0.25) is 10.1 Å². The van der Waals surface area contributed by atoms with Crippen molar-refractivity contribution in [3.8, 4) is 0 Å². The Morgan fingerprint density at radius 2 is 1.64 bits per heavy atom. The van der Waals surface area contributed by atoms with Gasteiger partial charge in [-0.2, -0.15) is 0 Å². The molecule has 25 heavy (non-hydrogen) atoms. The predicted molar refractivity (Wildman–Crippen MR) is 85.8 cm³/mol. The first-order chi connectivity index (χ1) is 11.6. The normalized spacial score (nSPS) is 38.2. The van der Waals surface area contributed by atoms with Crippen molar-refractivity contribution in [2.45, 2.75) is 76.9 Å². The van der Waals surface area contributed by atoms with Gasteiger partial charge in [-0.05, 0) is 34.6 Å². The highest BCUT2D eigenvalue weighted by molar-refractivity contribution is 7.15. The Labute approximate surface area is 148 Å². The summed E-state index contributed by atoms with van der Waals surface area (Å²) >= 11 is 1.29. The second-order valence-electron chi connectivity index (χ2n) is 7.21. The summed E-state index contributed by atoms with van der Waals surface area (Å²) in [6.07, 6.45) is -3.16. The van der Waals surface area contributed by atoms with Crippen molar-refractivity contribution in [1.29, 1.82) is 0 Å². The van der Waals surface area contributed by atoms with Gasteiger partial charge in [0.1, 0.15) is 23.3 Å². The average molecular weight is 371 g/mol. The van der Waals surface area contributed by atoms with Gasteiger partial charge in [0, 0.05) is 0 Å². The third-order valence-electron chi connectivity index (χ3n) is 4.17. The van der Waals surface area contributed by atoms with Crippen LogP contribution in [0.15, 0.2) is 0 Å². The van der Waals surface area contributed by atoms with E-state index in [2.05, 4.69) is 15.5 Å². The van der Waals surface area contributed by atoms with Gasteiger partial charge in [-0.15, -0.1) is 10.2 Å². The average Bonchev–Trinajstić information content (AvgIpc) is 3.11. The summed E-state index contributed by atoms with van der Waals surface area (Å²) in [5.74, 6) is -2.04. The molecule has 138 valence electrons. The van der Waals surface area contributed by atoms with Crippen LogP contribution in [-0.4, -0.2) is 58.4 Å². The maximum atomic E-state index is 12.8. The largest absolute Gasteiger partial charge is 0.342 e. The predicted octanol–water partition coefficient (Wildman–Crippen LogP) is 1.18. The molecule has 3 saturated heterocycles. The maximum absolute atomic E-state index is 12.8. The fourth-order valence-electron chi connectivity index (χ4n) is 3.35. The molecule has 4 heterocycles. The van der Waals surface area contributed by atoms with E-state index in [-0.39, 0.29) is 5.91 Å². The van der Waals surface area contributed by atoms with Crippen molar-refractivity contribution in [2.75, 3.05) is 5.32 Å². The van der Waals surface area contributed by atoms with E-state index in [1.165, 1.54) is 11.3 Å². The van der Waals surface area contributed by atoms with Crippen molar-refractivity contribution in [1.82, 2.24) is 10.2 Å². The molecule has 9 nitrogen and oxygen atoms in total. The molecule has 0 aromatic carbocycles. The zero-order chi connectivity index (χ0) is 18.0. The molecule has 5 atom stereocenters. The number of ether oxygens (including phenoxy) is 5. The molecular formula is C15H21N3O6S. The fourth-order valence-corrected chi connectivity index (χ4v) is 3.94. The molecule has 3 fully saturated rings. The summed E-state index contributed by atoms with van der Waals surface area (Å²) in [5, 5.41) is 11.7. The Kier molecular flexibility index (Phi) is 3.91. The van der Waals surface area contributed by atoms with Crippen LogP contribution < -0.4 is 5.32 Å². The first-order valence-corrected chi connectivity index (χ1v) is 8.93. The molecule has 1 aromatic heterocycles. The summed E-state index contributed by atoms with van der Waals surface area (Å²) in [6, 6.07) is 0. The number of fused-ring (bicyclic) bond motifs is 3. The Balaban J connectivity index is 1.58. The van der Waals surface area contributed by atoms with E-state index in [1.54, 1.807) is 27.7 Å². The minimum absolute atomic E-state index is 0.376. The molecule has 0 spiro atoms. The molecule has 0 radical (unpaired) electrons. The monoisotopic (exact) mass is 371 g/mol. The van der Waals surface area contributed by atoms with E-state index in [9.17, 15) is 4.79 Å². The molecule has 0 saturated carbocycles. The number of rotatable bonds is 2.